The van der Waals surface area contributed by atoms with Gasteiger partial charge >= 0.3 is 0 Å². The molecule has 13 heteroatoms. The summed E-state index contributed by atoms with van der Waals surface area (Å²) < 4.78 is 73.7. The highest BCUT2D eigenvalue weighted by atomic mass is 35.5. The Balaban J connectivity index is 1.70. The first-order valence-electron chi connectivity index (χ1n) is 9.01. The fourth-order valence-corrected chi connectivity index (χ4v) is 5.56. The van der Waals surface area contributed by atoms with Gasteiger partial charge in [0.1, 0.15) is 17.0 Å². The molecule has 1 aliphatic rings. The minimum atomic E-state index is -4.34. The van der Waals surface area contributed by atoms with Crippen molar-refractivity contribution in [3.05, 3.63) is 64.2 Å². The van der Waals surface area contributed by atoms with Crippen molar-refractivity contribution in [2.45, 2.75) is 30.7 Å². The second-order valence-electron chi connectivity index (χ2n) is 7.50. The average Bonchev–Trinajstić information content (AvgIpc) is 3.27. The molecule has 0 bridgehead atoms. The second-order valence-corrected chi connectivity index (χ2v) is 10.3. The maximum Gasteiger partial charge on any atom is 0.266 e. The van der Waals surface area contributed by atoms with E-state index in [0.29, 0.717) is 0 Å². The molecule has 0 aliphatic carbocycles. The van der Waals surface area contributed by atoms with Crippen LogP contribution in [0.4, 0.5) is 24.0 Å². The molecule has 0 unspecified atom stereocenters. The SMILES string of the molecule is CC1(C)C(=O)N(Cc2cc(F)c(S(=O)(=O)Nc3ncns3)cc2Cl)c2ccc(F)c(F)c21. The molecule has 0 fully saturated rings. The van der Waals surface area contributed by atoms with Crippen LogP contribution >= 0.6 is 23.1 Å². The molecule has 0 saturated carbocycles. The topological polar surface area (TPSA) is 92.3 Å². The van der Waals surface area contributed by atoms with E-state index in [1.165, 1.54) is 19.9 Å². The summed E-state index contributed by atoms with van der Waals surface area (Å²) in [5.74, 6) is -3.88. The molecule has 0 atom stereocenters. The van der Waals surface area contributed by atoms with E-state index in [2.05, 4.69) is 14.1 Å². The number of amides is 1. The Morgan fingerprint density at radius 2 is 1.91 bits per heavy atom. The number of rotatable bonds is 5. The number of aromatic nitrogens is 2. The minimum Gasteiger partial charge on any atom is -0.307 e. The van der Waals surface area contributed by atoms with E-state index >= 15 is 0 Å². The molecule has 7 nitrogen and oxygen atoms in total. The van der Waals surface area contributed by atoms with Crippen molar-refractivity contribution in [2.24, 2.45) is 0 Å². The van der Waals surface area contributed by atoms with Crippen molar-refractivity contribution in [2.75, 3.05) is 9.62 Å². The quantitative estimate of drug-likeness (QED) is 0.563. The van der Waals surface area contributed by atoms with Gasteiger partial charge in [-0.1, -0.05) is 11.6 Å². The van der Waals surface area contributed by atoms with Crippen LogP contribution in [0.1, 0.15) is 25.0 Å². The zero-order valence-corrected chi connectivity index (χ0v) is 18.9. The van der Waals surface area contributed by atoms with Gasteiger partial charge < -0.3 is 4.90 Å². The summed E-state index contributed by atoms with van der Waals surface area (Å²) in [7, 11) is -4.34. The van der Waals surface area contributed by atoms with Crippen molar-refractivity contribution in [1.29, 1.82) is 0 Å². The molecular weight excluding hydrogens is 489 g/mol. The number of hydrogen-bond acceptors (Lipinski definition) is 6. The number of carbonyl (C=O) groups is 1. The number of benzene rings is 2. The first-order chi connectivity index (χ1) is 14.9. The standard InChI is InChI=1S/C19H14ClF3N4O3S2/c1-19(2)15-13(4-3-11(21)16(15)23)27(17(19)28)7-9-5-12(22)14(6-10(9)20)32(29,30)26-18-24-8-25-31-18/h3-6,8H,7H2,1-2H3,(H,24,25,26). The number of hydrogen-bond donors (Lipinski definition) is 1. The molecule has 1 N–H and O–H groups in total. The summed E-state index contributed by atoms with van der Waals surface area (Å²) in [6, 6.07) is 3.95. The third kappa shape index (κ3) is 3.61. The molecule has 2 aromatic carbocycles. The predicted octanol–water partition coefficient (Wildman–Crippen LogP) is 4.23. The average molecular weight is 503 g/mol. The lowest BCUT2D eigenvalue weighted by Crippen LogP contribution is -2.36. The maximum atomic E-state index is 14.8. The monoisotopic (exact) mass is 502 g/mol. The lowest BCUT2D eigenvalue weighted by molar-refractivity contribution is -0.122. The summed E-state index contributed by atoms with van der Waals surface area (Å²) >= 11 is 6.98. The van der Waals surface area contributed by atoms with Crippen LogP contribution in [-0.4, -0.2) is 23.7 Å². The summed E-state index contributed by atoms with van der Waals surface area (Å²) in [4.78, 5) is 17.1. The lowest BCUT2D eigenvalue weighted by Gasteiger charge is -2.21. The molecule has 1 aromatic heterocycles. The fraction of sp³-hybridized carbons (Fsp3) is 0.211. The molecule has 2 heterocycles. The van der Waals surface area contributed by atoms with Crippen molar-refractivity contribution in [3.8, 4) is 0 Å². The van der Waals surface area contributed by atoms with E-state index in [-0.39, 0.29) is 33.5 Å². The van der Waals surface area contributed by atoms with E-state index in [4.69, 9.17) is 11.6 Å². The Bertz CT molecular complexity index is 1350. The van der Waals surface area contributed by atoms with E-state index in [1.54, 1.807) is 0 Å². The molecule has 168 valence electrons. The number of carbonyl (C=O) groups excluding carboxylic acids is 1. The molecule has 0 radical (unpaired) electrons. The van der Waals surface area contributed by atoms with Crippen LogP contribution in [0.25, 0.3) is 0 Å². The van der Waals surface area contributed by atoms with Gasteiger partial charge in [-0.2, -0.15) is 4.37 Å². The Morgan fingerprint density at radius 1 is 1.19 bits per heavy atom. The maximum absolute atomic E-state index is 14.8. The van der Waals surface area contributed by atoms with E-state index in [0.717, 1.165) is 41.0 Å². The van der Waals surface area contributed by atoms with Gasteiger partial charge in [-0.05, 0) is 43.7 Å². The normalized spacial score (nSPS) is 15.2. The summed E-state index contributed by atoms with van der Waals surface area (Å²) in [6.07, 6.45) is 1.13. The van der Waals surface area contributed by atoms with Gasteiger partial charge in [0.15, 0.2) is 11.6 Å². The van der Waals surface area contributed by atoms with Crippen molar-refractivity contribution in [3.63, 3.8) is 0 Å². The Morgan fingerprint density at radius 3 is 2.56 bits per heavy atom. The zero-order valence-electron chi connectivity index (χ0n) is 16.5. The molecule has 1 aliphatic heterocycles. The van der Waals surface area contributed by atoms with Crippen molar-refractivity contribution >= 4 is 49.9 Å². The highest BCUT2D eigenvalue weighted by molar-refractivity contribution is 7.93. The van der Waals surface area contributed by atoms with E-state index in [9.17, 15) is 26.4 Å². The van der Waals surface area contributed by atoms with Crippen LogP contribution in [0.5, 0.6) is 0 Å². The number of nitrogens with one attached hydrogen (secondary N) is 1. The summed E-state index contributed by atoms with van der Waals surface area (Å²) in [5.41, 5.74) is -1.26. The predicted molar refractivity (Wildman–Crippen MR) is 113 cm³/mol. The highest BCUT2D eigenvalue weighted by Crippen LogP contribution is 2.44. The van der Waals surface area contributed by atoms with Crippen LogP contribution < -0.4 is 9.62 Å². The second kappa shape index (κ2) is 7.71. The van der Waals surface area contributed by atoms with Crippen LogP contribution in [0, 0.1) is 17.5 Å². The molecule has 32 heavy (non-hydrogen) atoms. The first kappa shape index (κ1) is 22.5. The third-order valence-electron chi connectivity index (χ3n) is 5.07. The summed E-state index contributed by atoms with van der Waals surface area (Å²) in [5, 5.41) is -0.189. The molecule has 0 spiro atoms. The van der Waals surface area contributed by atoms with Crippen LogP contribution in [0.15, 0.2) is 35.5 Å². The number of anilines is 2. The first-order valence-corrected chi connectivity index (χ1v) is 11.6. The Labute approximate surface area is 190 Å². The van der Waals surface area contributed by atoms with Crippen LogP contribution in [0.2, 0.25) is 5.02 Å². The Kier molecular flexibility index (Phi) is 5.42. The van der Waals surface area contributed by atoms with Crippen molar-refractivity contribution in [1.82, 2.24) is 9.36 Å². The zero-order chi connectivity index (χ0) is 23.4. The van der Waals surface area contributed by atoms with Gasteiger partial charge in [-0.25, -0.2) is 26.6 Å². The van der Waals surface area contributed by atoms with Gasteiger partial charge in [-0.15, -0.1) is 0 Å². The lowest BCUT2D eigenvalue weighted by atomic mass is 9.86. The largest absolute Gasteiger partial charge is 0.307 e. The molecule has 3 aromatic rings. The molecule has 1 amide bonds. The molecule has 0 saturated heterocycles. The number of fused-ring (bicyclic) bond motifs is 1. The molecule has 4 rings (SSSR count). The smallest absolute Gasteiger partial charge is 0.266 e. The van der Waals surface area contributed by atoms with Crippen molar-refractivity contribution < 1.29 is 26.4 Å². The third-order valence-corrected chi connectivity index (χ3v) is 7.49. The highest BCUT2D eigenvalue weighted by Gasteiger charge is 2.46. The van der Waals surface area contributed by atoms with Crippen LogP contribution in [-0.2, 0) is 26.8 Å². The van der Waals surface area contributed by atoms with Gasteiger partial charge in [0.2, 0.25) is 11.0 Å². The minimum absolute atomic E-state index is 0.0552. The van der Waals surface area contributed by atoms with Gasteiger partial charge in [0, 0.05) is 22.1 Å². The van der Waals surface area contributed by atoms with E-state index in [1.807, 2.05) is 0 Å². The van der Waals surface area contributed by atoms with E-state index < -0.39 is 43.7 Å². The number of halogens is 4. The fourth-order valence-electron chi connectivity index (χ4n) is 3.53. The van der Waals surface area contributed by atoms with Gasteiger partial charge in [0.25, 0.3) is 10.0 Å². The van der Waals surface area contributed by atoms with Crippen LogP contribution in [0.3, 0.4) is 0 Å². The van der Waals surface area contributed by atoms with Gasteiger partial charge in [0.05, 0.1) is 17.6 Å². The Hall–Kier alpha value is -2.70. The van der Waals surface area contributed by atoms with Gasteiger partial charge in [-0.3, -0.25) is 9.52 Å². The molecular formula is C19H14ClF3N4O3S2. The summed E-state index contributed by atoms with van der Waals surface area (Å²) in [6.45, 7) is 2.63. The number of nitrogens with zero attached hydrogens (tertiary/aromatic N) is 3. The number of sulfonamides is 1.